The first-order valence-corrected chi connectivity index (χ1v) is 7.76. The normalized spacial score (nSPS) is 13.5. The van der Waals surface area contributed by atoms with Crippen molar-refractivity contribution in [3.05, 3.63) is 54.1 Å². The number of ether oxygens (including phenoxy) is 2. The van der Waals surface area contributed by atoms with Crippen LogP contribution in [-0.2, 0) is 4.74 Å². The van der Waals surface area contributed by atoms with Crippen LogP contribution in [0.5, 0.6) is 5.75 Å². The smallest absolute Gasteiger partial charge is 0.414 e. The predicted octanol–water partition coefficient (Wildman–Crippen LogP) is 3.29. The highest BCUT2D eigenvalue weighted by molar-refractivity contribution is 6.04. The molecule has 124 valence electrons. The molecule has 24 heavy (non-hydrogen) atoms. The van der Waals surface area contributed by atoms with Crippen LogP contribution in [0.3, 0.4) is 0 Å². The van der Waals surface area contributed by atoms with E-state index in [9.17, 15) is 9.59 Å². The Morgan fingerprint density at radius 1 is 1.25 bits per heavy atom. The van der Waals surface area contributed by atoms with Crippen LogP contribution in [0.2, 0.25) is 0 Å². The number of nitrogens with zero attached hydrogens (tertiary/aromatic N) is 1. The van der Waals surface area contributed by atoms with Crippen LogP contribution < -0.4 is 15.0 Å². The van der Waals surface area contributed by atoms with E-state index in [0.29, 0.717) is 36.7 Å². The van der Waals surface area contributed by atoms with Gasteiger partial charge in [0.05, 0.1) is 13.2 Å². The Morgan fingerprint density at radius 2 is 2.04 bits per heavy atom. The molecule has 1 aliphatic heterocycles. The lowest BCUT2D eigenvalue weighted by molar-refractivity contribution is 0.102. The van der Waals surface area contributed by atoms with Crippen molar-refractivity contribution in [2.24, 2.45) is 0 Å². The molecule has 1 aliphatic rings. The summed E-state index contributed by atoms with van der Waals surface area (Å²) in [5.74, 6) is 0.503. The van der Waals surface area contributed by atoms with Crippen LogP contribution in [0, 0.1) is 0 Å². The fraction of sp³-hybridized carbons (Fsp3) is 0.222. The molecule has 6 nitrogen and oxygen atoms in total. The number of rotatable bonds is 5. The molecule has 0 saturated carbocycles. The second-order valence-electron chi connectivity index (χ2n) is 5.23. The largest absolute Gasteiger partial charge is 0.494 e. The molecule has 6 heteroatoms. The summed E-state index contributed by atoms with van der Waals surface area (Å²) in [5.41, 5.74) is 1.84. The second-order valence-corrected chi connectivity index (χ2v) is 5.23. The van der Waals surface area contributed by atoms with E-state index >= 15 is 0 Å². The first-order valence-electron chi connectivity index (χ1n) is 7.76. The molecule has 0 aromatic heterocycles. The van der Waals surface area contributed by atoms with Gasteiger partial charge in [0.15, 0.2) is 0 Å². The lowest BCUT2D eigenvalue weighted by atomic mass is 10.2. The topological polar surface area (TPSA) is 67.9 Å². The van der Waals surface area contributed by atoms with Gasteiger partial charge in [-0.25, -0.2) is 4.79 Å². The SMILES string of the molecule is CCOc1ccc(C(=O)Nc2cccc(N3CCOC3=O)c2)cc1. The van der Waals surface area contributed by atoms with Gasteiger partial charge >= 0.3 is 6.09 Å². The third-order valence-corrected chi connectivity index (χ3v) is 3.60. The Bertz CT molecular complexity index is 743. The molecule has 1 saturated heterocycles. The first-order chi connectivity index (χ1) is 11.7. The molecule has 3 rings (SSSR count). The zero-order valence-electron chi connectivity index (χ0n) is 13.3. The number of carbonyl (C=O) groups is 2. The summed E-state index contributed by atoms with van der Waals surface area (Å²) in [6, 6.07) is 14.1. The molecule has 2 aromatic rings. The van der Waals surface area contributed by atoms with Crippen LogP contribution >= 0.6 is 0 Å². The van der Waals surface area contributed by atoms with E-state index in [0.717, 1.165) is 5.75 Å². The van der Waals surface area contributed by atoms with Crippen molar-refractivity contribution >= 4 is 23.4 Å². The van der Waals surface area contributed by atoms with Crippen LogP contribution in [0.25, 0.3) is 0 Å². The minimum absolute atomic E-state index is 0.223. The Labute approximate surface area is 140 Å². The summed E-state index contributed by atoms with van der Waals surface area (Å²) in [5, 5.41) is 2.83. The molecule has 0 unspecified atom stereocenters. The lowest BCUT2D eigenvalue weighted by Crippen LogP contribution is -2.23. The number of amides is 2. The molecule has 1 fully saturated rings. The molecule has 1 N–H and O–H groups in total. The van der Waals surface area contributed by atoms with Crippen molar-refractivity contribution in [2.45, 2.75) is 6.92 Å². The van der Waals surface area contributed by atoms with E-state index in [1.165, 1.54) is 4.90 Å². The van der Waals surface area contributed by atoms with Crippen LogP contribution in [-0.4, -0.2) is 31.8 Å². The van der Waals surface area contributed by atoms with E-state index in [-0.39, 0.29) is 12.0 Å². The van der Waals surface area contributed by atoms with E-state index in [1.807, 2.05) is 6.92 Å². The minimum atomic E-state index is -0.370. The molecule has 0 spiro atoms. The number of benzene rings is 2. The van der Waals surface area contributed by atoms with E-state index in [2.05, 4.69) is 5.32 Å². The monoisotopic (exact) mass is 326 g/mol. The Morgan fingerprint density at radius 3 is 2.71 bits per heavy atom. The number of carbonyl (C=O) groups excluding carboxylic acids is 2. The molecule has 1 heterocycles. The third kappa shape index (κ3) is 3.48. The lowest BCUT2D eigenvalue weighted by Gasteiger charge is -2.14. The molecule has 0 aliphatic carbocycles. The fourth-order valence-corrected chi connectivity index (χ4v) is 2.45. The summed E-state index contributed by atoms with van der Waals surface area (Å²) in [4.78, 5) is 25.5. The summed E-state index contributed by atoms with van der Waals surface area (Å²) in [6.07, 6.45) is -0.370. The fourth-order valence-electron chi connectivity index (χ4n) is 2.45. The first kappa shape index (κ1) is 15.9. The zero-order chi connectivity index (χ0) is 16.9. The van der Waals surface area contributed by atoms with Gasteiger partial charge < -0.3 is 14.8 Å². The van der Waals surface area contributed by atoms with Crippen molar-refractivity contribution in [1.82, 2.24) is 0 Å². The zero-order valence-corrected chi connectivity index (χ0v) is 13.3. The van der Waals surface area contributed by atoms with Gasteiger partial charge in [0.2, 0.25) is 0 Å². The Hall–Kier alpha value is -3.02. The van der Waals surface area contributed by atoms with Gasteiger partial charge in [-0.1, -0.05) is 6.07 Å². The summed E-state index contributed by atoms with van der Waals surface area (Å²) in [6.45, 7) is 3.37. The summed E-state index contributed by atoms with van der Waals surface area (Å²) < 4.78 is 10.3. The molecule has 0 radical (unpaired) electrons. The molecule has 2 aromatic carbocycles. The van der Waals surface area contributed by atoms with Gasteiger partial charge in [-0.05, 0) is 49.4 Å². The average Bonchev–Trinajstić information content (AvgIpc) is 3.02. The molecule has 0 atom stereocenters. The Kier molecular flexibility index (Phi) is 4.65. The van der Waals surface area contributed by atoms with Crippen molar-refractivity contribution in [1.29, 1.82) is 0 Å². The second kappa shape index (κ2) is 7.04. The van der Waals surface area contributed by atoms with Gasteiger partial charge in [0, 0.05) is 16.9 Å². The highest BCUT2D eigenvalue weighted by Crippen LogP contribution is 2.23. The number of nitrogens with one attached hydrogen (secondary N) is 1. The number of hydrogen-bond donors (Lipinski definition) is 1. The van der Waals surface area contributed by atoms with Crippen molar-refractivity contribution in [2.75, 3.05) is 30.0 Å². The van der Waals surface area contributed by atoms with Crippen LogP contribution in [0.15, 0.2) is 48.5 Å². The predicted molar refractivity (Wildman–Crippen MR) is 90.7 cm³/mol. The van der Waals surface area contributed by atoms with Crippen molar-refractivity contribution < 1.29 is 19.1 Å². The minimum Gasteiger partial charge on any atom is -0.494 e. The van der Waals surface area contributed by atoms with Crippen molar-refractivity contribution in [3.63, 3.8) is 0 Å². The third-order valence-electron chi connectivity index (χ3n) is 3.60. The number of hydrogen-bond acceptors (Lipinski definition) is 4. The molecular weight excluding hydrogens is 308 g/mol. The van der Waals surface area contributed by atoms with Gasteiger partial charge in [0.25, 0.3) is 5.91 Å². The van der Waals surface area contributed by atoms with Crippen LogP contribution in [0.4, 0.5) is 16.2 Å². The van der Waals surface area contributed by atoms with Gasteiger partial charge in [-0.15, -0.1) is 0 Å². The maximum atomic E-state index is 12.3. The molecule has 0 bridgehead atoms. The average molecular weight is 326 g/mol. The van der Waals surface area contributed by atoms with E-state index < -0.39 is 0 Å². The maximum Gasteiger partial charge on any atom is 0.414 e. The quantitative estimate of drug-likeness (QED) is 0.915. The van der Waals surface area contributed by atoms with Gasteiger partial charge in [0.1, 0.15) is 12.4 Å². The standard InChI is InChI=1S/C18H18N2O4/c1-2-23-16-8-6-13(7-9-16)17(21)19-14-4-3-5-15(12-14)20-10-11-24-18(20)22/h3-9,12H,2,10-11H2,1H3,(H,19,21). The maximum absolute atomic E-state index is 12.3. The van der Waals surface area contributed by atoms with E-state index in [4.69, 9.17) is 9.47 Å². The number of anilines is 2. The van der Waals surface area contributed by atoms with Gasteiger partial charge in [-0.3, -0.25) is 9.69 Å². The van der Waals surface area contributed by atoms with E-state index in [1.54, 1.807) is 48.5 Å². The van der Waals surface area contributed by atoms with Gasteiger partial charge in [-0.2, -0.15) is 0 Å². The van der Waals surface area contributed by atoms with Crippen molar-refractivity contribution in [3.8, 4) is 5.75 Å². The summed E-state index contributed by atoms with van der Waals surface area (Å²) >= 11 is 0. The number of cyclic esters (lactones) is 1. The Balaban J connectivity index is 1.71. The summed E-state index contributed by atoms with van der Waals surface area (Å²) in [7, 11) is 0. The molecular formula is C18H18N2O4. The highest BCUT2D eigenvalue weighted by atomic mass is 16.6. The highest BCUT2D eigenvalue weighted by Gasteiger charge is 2.23. The molecule has 2 amide bonds. The van der Waals surface area contributed by atoms with Crippen LogP contribution in [0.1, 0.15) is 17.3 Å².